The van der Waals surface area contributed by atoms with Crippen LogP contribution in [0.3, 0.4) is 0 Å². The van der Waals surface area contributed by atoms with Crippen molar-refractivity contribution >= 4 is 29.1 Å². The highest BCUT2D eigenvalue weighted by molar-refractivity contribution is 6.34. The topological polar surface area (TPSA) is 58.4 Å². The molecule has 1 saturated heterocycles. The van der Waals surface area contributed by atoms with Crippen LogP contribution in [0.4, 0.5) is 5.69 Å². The number of halogens is 1. The first-order chi connectivity index (χ1) is 11.5. The molecule has 0 radical (unpaired) electrons. The van der Waals surface area contributed by atoms with Crippen LogP contribution in [0.1, 0.15) is 12.0 Å². The molecular weight excluding hydrogens is 328 g/mol. The molecule has 1 aromatic carbocycles. The summed E-state index contributed by atoms with van der Waals surface area (Å²) < 4.78 is 1.66. The number of aromatic nitrogens is 2. The molecule has 24 heavy (non-hydrogen) atoms. The highest BCUT2D eigenvalue weighted by Crippen LogP contribution is 2.30. The van der Waals surface area contributed by atoms with Crippen molar-refractivity contribution in [3.05, 3.63) is 47.2 Å². The summed E-state index contributed by atoms with van der Waals surface area (Å²) in [5, 5.41) is 4.60. The van der Waals surface area contributed by atoms with Crippen molar-refractivity contribution in [1.29, 1.82) is 0 Å². The smallest absolute Gasteiger partial charge is 0.249 e. The molecule has 0 bridgehead atoms. The molecule has 2 aromatic rings. The zero-order chi connectivity index (χ0) is 17.3. The van der Waals surface area contributed by atoms with E-state index in [-0.39, 0.29) is 18.2 Å². The van der Waals surface area contributed by atoms with Gasteiger partial charge in [-0.05, 0) is 24.1 Å². The Bertz CT molecular complexity index is 773. The number of anilines is 1. The number of likely N-dealkylation sites (N-methyl/N-ethyl adjacent to an activating group) is 1. The summed E-state index contributed by atoms with van der Waals surface area (Å²) >= 11 is 6.19. The van der Waals surface area contributed by atoms with E-state index in [9.17, 15) is 9.59 Å². The van der Waals surface area contributed by atoms with Gasteiger partial charge in [-0.25, -0.2) is 0 Å². The van der Waals surface area contributed by atoms with Crippen LogP contribution in [0.25, 0.3) is 0 Å². The second-order valence-corrected chi connectivity index (χ2v) is 6.36. The van der Waals surface area contributed by atoms with Crippen LogP contribution >= 0.6 is 11.6 Å². The van der Waals surface area contributed by atoms with Crippen molar-refractivity contribution in [3.63, 3.8) is 0 Å². The fraction of sp³-hybridized carbons (Fsp3) is 0.353. The summed E-state index contributed by atoms with van der Waals surface area (Å²) in [5.41, 5.74) is 1.53. The maximum absolute atomic E-state index is 12.7. The zero-order valence-electron chi connectivity index (χ0n) is 13.6. The molecular formula is C17H19ClN4O2. The SMILES string of the molecule is CN(C(=O)Cc1cnn(C)c1)[C@@H]1CCN(c2ccccc2Cl)C1=O. The molecule has 2 heterocycles. The van der Waals surface area contributed by atoms with Crippen molar-refractivity contribution in [2.45, 2.75) is 18.9 Å². The van der Waals surface area contributed by atoms with E-state index in [0.29, 0.717) is 23.7 Å². The van der Waals surface area contributed by atoms with Gasteiger partial charge in [-0.1, -0.05) is 23.7 Å². The van der Waals surface area contributed by atoms with Gasteiger partial charge in [0.1, 0.15) is 6.04 Å². The van der Waals surface area contributed by atoms with Crippen molar-refractivity contribution in [3.8, 4) is 0 Å². The summed E-state index contributed by atoms with van der Waals surface area (Å²) in [6.07, 6.45) is 4.30. The highest BCUT2D eigenvalue weighted by Gasteiger charge is 2.37. The number of benzene rings is 1. The Morgan fingerprint density at radius 1 is 1.42 bits per heavy atom. The van der Waals surface area contributed by atoms with Crippen molar-refractivity contribution < 1.29 is 9.59 Å². The average Bonchev–Trinajstić information content (AvgIpc) is 3.13. The van der Waals surface area contributed by atoms with E-state index in [1.54, 1.807) is 42.1 Å². The Morgan fingerprint density at radius 3 is 2.83 bits per heavy atom. The number of aryl methyl sites for hydroxylation is 1. The molecule has 0 saturated carbocycles. The number of carbonyl (C=O) groups is 2. The first kappa shape index (κ1) is 16.5. The number of hydrogen-bond donors (Lipinski definition) is 0. The molecule has 0 N–H and O–H groups in total. The molecule has 1 fully saturated rings. The van der Waals surface area contributed by atoms with E-state index in [4.69, 9.17) is 11.6 Å². The molecule has 6 nitrogen and oxygen atoms in total. The predicted octanol–water partition coefficient (Wildman–Crippen LogP) is 1.88. The maximum Gasteiger partial charge on any atom is 0.249 e. The minimum atomic E-state index is -0.453. The summed E-state index contributed by atoms with van der Waals surface area (Å²) in [4.78, 5) is 28.4. The molecule has 0 aliphatic carbocycles. The predicted molar refractivity (Wildman–Crippen MR) is 91.9 cm³/mol. The Hall–Kier alpha value is -2.34. The molecule has 0 unspecified atom stereocenters. The van der Waals surface area contributed by atoms with Crippen LogP contribution in [0, 0.1) is 0 Å². The van der Waals surface area contributed by atoms with Crippen LogP contribution in [0.15, 0.2) is 36.7 Å². The zero-order valence-corrected chi connectivity index (χ0v) is 14.4. The van der Waals surface area contributed by atoms with Gasteiger partial charge in [-0.2, -0.15) is 5.10 Å². The van der Waals surface area contributed by atoms with E-state index in [0.717, 1.165) is 5.56 Å². The summed E-state index contributed by atoms with van der Waals surface area (Å²) in [5.74, 6) is -0.188. The number of para-hydroxylation sites is 1. The molecule has 126 valence electrons. The Morgan fingerprint density at radius 2 is 2.17 bits per heavy atom. The van der Waals surface area contributed by atoms with Crippen LogP contribution < -0.4 is 4.90 Å². The lowest BCUT2D eigenvalue weighted by Gasteiger charge is -2.24. The van der Waals surface area contributed by atoms with Gasteiger partial charge in [0, 0.05) is 26.8 Å². The molecule has 3 rings (SSSR count). The Labute approximate surface area is 145 Å². The van der Waals surface area contributed by atoms with Gasteiger partial charge in [-0.15, -0.1) is 0 Å². The molecule has 1 atom stereocenters. The van der Waals surface area contributed by atoms with Crippen molar-refractivity contribution in [2.75, 3.05) is 18.5 Å². The van der Waals surface area contributed by atoms with E-state index in [1.807, 2.05) is 18.2 Å². The lowest BCUT2D eigenvalue weighted by Crippen LogP contribution is -2.43. The summed E-state index contributed by atoms with van der Waals surface area (Å²) in [6, 6.07) is 6.80. The average molecular weight is 347 g/mol. The number of nitrogens with zero attached hydrogens (tertiary/aromatic N) is 4. The number of carbonyl (C=O) groups excluding carboxylic acids is 2. The first-order valence-corrected chi connectivity index (χ1v) is 8.14. The molecule has 7 heteroatoms. The van der Waals surface area contributed by atoms with Gasteiger partial charge in [0.15, 0.2) is 0 Å². The van der Waals surface area contributed by atoms with E-state index < -0.39 is 6.04 Å². The van der Waals surface area contributed by atoms with Crippen LogP contribution in [0.2, 0.25) is 5.02 Å². The number of rotatable bonds is 4. The first-order valence-electron chi connectivity index (χ1n) is 7.76. The van der Waals surface area contributed by atoms with Gasteiger partial charge in [-0.3, -0.25) is 14.3 Å². The molecule has 1 aromatic heterocycles. The second kappa shape index (κ2) is 6.65. The van der Waals surface area contributed by atoms with Crippen LogP contribution in [0.5, 0.6) is 0 Å². The van der Waals surface area contributed by atoms with Gasteiger partial charge in [0.25, 0.3) is 0 Å². The van der Waals surface area contributed by atoms with E-state index in [2.05, 4.69) is 5.10 Å². The lowest BCUT2D eigenvalue weighted by atomic mass is 10.2. The summed E-state index contributed by atoms with van der Waals surface area (Å²) in [6.45, 7) is 0.553. The highest BCUT2D eigenvalue weighted by atomic mass is 35.5. The minimum absolute atomic E-state index is 0.0925. The Balaban J connectivity index is 1.70. The quantitative estimate of drug-likeness (QED) is 0.849. The van der Waals surface area contributed by atoms with Gasteiger partial charge in [0.2, 0.25) is 11.8 Å². The third kappa shape index (κ3) is 3.14. The van der Waals surface area contributed by atoms with Gasteiger partial charge >= 0.3 is 0 Å². The molecule has 0 spiro atoms. The van der Waals surface area contributed by atoms with E-state index >= 15 is 0 Å². The fourth-order valence-corrected chi connectivity index (χ4v) is 3.21. The van der Waals surface area contributed by atoms with E-state index in [1.165, 1.54) is 4.90 Å². The third-order valence-electron chi connectivity index (χ3n) is 4.30. The van der Waals surface area contributed by atoms with Gasteiger partial charge < -0.3 is 9.80 Å². The van der Waals surface area contributed by atoms with Crippen molar-refractivity contribution in [2.24, 2.45) is 7.05 Å². The largest absolute Gasteiger partial charge is 0.333 e. The summed E-state index contributed by atoms with van der Waals surface area (Å²) in [7, 11) is 3.48. The fourth-order valence-electron chi connectivity index (χ4n) is 2.97. The van der Waals surface area contributed by atoms with Crippen molar-refractivity contribution in [1.82, 2.24) is 14.7 Å². The standard InChI is InChI=1S/C17H19ClN4O2/c1-20-11-12(10-19-20)9-16(23)21(2)15-7-8-22(17(15)24)14-6-4-3-5-13(14)18/h3-6,10-11,15H,7-9H2,1-2H3/t15-/m1/s1. The number of hydrogen-bond acceptors (Lipinski definition) is 3. The second-order valence-electron chi connectivity index (χ2n) is 5.95. The third-order valence-corrected chi connectivity index (χ3v) is 4.61. The van der Waals surface area contributed by atoms with Crippen LogP contribution in [-0.4, -0.2) is 46.1 Å². The minimum Gasteiger partial charge on any atom is -0.333 e. The monoisotopic (exact) mass is 346 g/mol. The van der Waals surface area contributed by atoms with Gasteiger partial charge in [0.05, 0.1) is 23.3 Å². The lowest BCUT2D eigenvalue weighted by molar-refractivity contribution is -0.136. The molecule has 1 aliphatic heterocycles. The maximum atomic E-state index is 12.7. The Kier molecular flexibility index (Phi) is 4.57. The number of amides is 2. The normalized spacial score (nSPS) is 17.4. The molecule has 2 amide bonds. The van der Waals surface area contributed by atoms with Crippen LogP contribution in [-0.2, 0) is 23.1 Å². The molecule has 1 aliphatic rings.